The van der Waals surface area contributed by atoms with E-state index in [-0.39, 0.29) is 5.75 Å². The van der Waals surface area contributed by atoms with Crippen molar-refractivity contribution >= 4 is 17.9 Å². The minimum atomic E-state index is -1.39. The van der Waals surface area contributed by atoms with Crippen LogP contribution >= 0.6 is 0 Å². The standard InChI is InChI=1S/C17H18N4O5/c22-12-3-1-2-11(10-12)14-13-4-5-21(26-17(23)24)15(13)19-16(18-14)20-6-8-25-9-7-20/h1-3,10,22H,4-9H2,(H,23,24). The number of anilines is 2. The van der Waals surface area contributed by atoms with Crippen molar-refractivity contribution in [1.29, 1.82) is 0 Å². The molecule has 2 aliphatic rings. The lowest BCUT2D eigenvalue weighted by atomic mass is 10.1. The molecule has 136 valence electrons. The quantitative estimate of drug-likeness (QED) is 0.846. The molecule has 3 heterocycles. The van der Waals surface area contributed by atoms with Crippen LogP contribution in [-0.2, 0) is 16.0 Å². The molecule has 1 aromatic carbocycles. The molecule has 26 heavy (non-hydrogen) atoms. The molecule has 1 aromatic heterocycles. The average molecular weight is 358 g/mol. The highest BCUT2D eigenvalue weighted by Crippen LogP contribution is 2.36. The van der Waals surface area contributed by atoms with E-state index in [9.17, 15) is 9.90 Å². The topological polar surface area (TPSA) is 108 Å². The van der Waals surface area contributed by atoms with Gasteiger partial charge in [0.1, 0.15) is 5.75 Å². The zero-order chi connectivity index (χ0) is 18.1. The zero-order valence-corrected chi connectivity index (χ0v) is 14.0. The fourth-order valence-corrected chi connectivity index (χ4v) is 3.20. The molecule has 0 spiro atoms. The summed E-state index contributed by atoms with van der Waals surface area (Å²) >= 11 is 0. The first-order valence-electron chi connectivity index (χ1n) is 8.33. The average Bonchev–Trinajstić information content (AvgIpc) is 3.04. The Balaban J connectivity index is 1.82. The number of carbonyl (C=O) groups is 1. The number of hydroxylamine groups is 1. The fraction of sp³-hybridized carbons (Fsp3) is 0.353. The molecule has 0 bridgehead atoms. The third-order valence-electron chi connectivity index (χ3n) is 4.38. The Morgan fingerprint density at radius 2 is 2.00 bits per heavy atom. The highest BCUT2D eigenvalue weighted by Gasteiger charge is 2.30. The maximum absolute atomic E-state index is 11.0. The Bertz CT molecular complexity index is 838. The van der Waals surface area contributed by atoms with Crippen molar-refractivity contribution in [3.63, 3.8) is 0 Å². The Hall–Kier alpha value is -3.07. The minimum Gasteiger partial charge on any atom is -0.508 e. The van der Waals surface area contributed by atoms with Crippen LogP contribution in [0.25, 0.3) is 11.3 Å². The van der Waals surface area contributed by atoms with Gasteiger partial charge in [0.25, 0.3) is 0 Å². The van der Waals surface area contributed by atoms with E-state index in [1.807, 2.05) is 11.0 Å². The van der Waals surface area contributed by atoms with Gasteiger partial charge in [0.15, 0.2) is 5.82 Å². The summed E-state index contributed by atoms with van der Waals surface area (Å²) in [7, 11) is 0. The number of carboxylic acid groups (broad SMARTS) is 1. The number of morpholine rings is 1. The second kappa shape index (κ2) is 6.68. The van der Waals surface area contributed by atoms with E-state index >= 15 is 0 Å². The SMILES string of the molecule is O=C(O)ON1CCc2c(-c3cccc(O)c3)nc(N3CCOCC3)nc21. The first-order valence-corrected chi connectivity index (χ1v) is 8.33. The van der Waals surface area contributed by atoms with Crippen LogP contribution in [0.3, 0.4) is 0 Å². The monoisotopic (exact) mass is 358 g/mol. The molecule has 0 radical (unpaired) electrons. The number of fused-ring (bicyclic) bond motifs is 1. The second-order valence-corrected chi connectivity index (χ2v) is 6.03. The van der Waals surface area contributed by atoms with Crippen molar-refractivity contribution in [1.82, 2.24) is 9.97 Å². The molecule has 9 heteroatoms. The lowest BCUT2D eigenvalue weighted by Gasteiger charge is -2.28. The highest BCUT2D eigenvalue weighted by molar-refractivity contribution is 5.74. The molecule has 1 saturated heterocycles. The molecular formula is C17H18N4O5. The zero-order valence-electron chi connectivity index (χ0n) is 14.0. The van der Waals surface area contributed by atoms with Gasteiger partial charge < -0.3 is 24.7 Å². The second-order valence-electron chi connectivity index (χ2n) is 6.03. The van der Waals surface area contributed by atoms with Gasteiger partial charge in [0, 0.05) is 24.2 Å². The van der Waals surface area contributed by atoms with Gasteiger partial charge in [-0.1, -0.05) is 12.1 Å². The van der Waals surface area contributed by atoms with Crippen molar-refractivity contribution in [2.24, 2.45) is 0 Å². The normalized spacial score (nSPS) is 16.5. The van der Waals surface area contributed by atoms with Crippen molar-refractivity contribution < 1.29 is 24.6 Å². The lowest BCUT2D eigenvalue weighted by molar-refractivity contribution is 0.0818. The number of aromatic hydroxyl groups is 1. The predicted molar refractivity (Wildman–Crippen MR) is 92.3 cm³/mol. The molecule has 0 atom stereocenters. The molecule has 9 nitrogen and oxygen atoms in total. The number of benzene rings is 1. The van der Waals surface area contributed by atoms with Crippen LogP contribution in [0, 0.1) is 0 Å². The number of phenols is 1. The van der Waals surface area contributed by atoms with E-state index in [0.29, 0.717) is 56.7 Å². The van der Waals surface area contributed by atoms with E-state index in [2.05, 4.69) is 4.98 Å². The van der Waals surface area contributed by atoms with Crippen molar-refractivity contribution in [2.75, 3.05) is 42.8 Å². The molecule has 0 unspecified atom stereocenters. The molecule has 1 fully saturated rings. The first kappa shape index (κ1) is 16.4. The molecule has 4 rings (SSSR count). The molecule has 2 aliphatic heterocycles. The van der Waals surface area contributed by atoms with Gasteiger partial charge in [-0.3, -0.25) is 0 Å². The number of hydrogen-bond donors (Lipinski definition) is 2. The van der Waals surface area contributed by atoms with E-state index in [4.69, 9.17) is 19.7 Å². The van der Waals surface area contributed by atoms with Gasteiger partial charge in [-0.2, -0.15) is 10.0 Å². The third kappa shape index (κ3) is 3.08. The largest absolute Gasteiger partial charge is 0.530 e. The summed E-state index contributed by atoms with van der Waals surface area (Å²) in [4.78, 5) is 27.1. The maximum Gasteiger partial charge on any atom is 0.530 e. The van der Waals surface area contributed by atoms with Crippen LogP contribution in [0.5, 0.6) is 5.75 Å². The van der Waals surface area contributed by atoms with Crippen LogP contribution in [0.2, 0.25) is 0 Å². The fourth-order valence-electron chi connectivity index (χ4n) is 3.20. The van der Waals surface area contributed by atoms with E-state index < -0.39 is 6.16 Å². The predicted octanol–water partition coefficient (Wildman–Crippen LogP) is 1.66. The van der Waals surface area contributed by atoms with E-state index in [1.165, 1.54) is 5.06 Å². The van der Waals surface area contributed by atoms with Gasteiger partial charge in [0.05, 0.1) is 25.5 Å². The van der Waals surface area contributed by atoms with Gasteiger partial charge >= 0.3 is 6.16 Å². The first-order chi connectivity index (χ1) is 12.6. The summed E-state index contributed by atoms with van der Waals surface area (Å²) in [6, 6.07) is 6.82. The Kier molecular flexibility index (Phi) is 4.21. The number of phenolic OH excluding ortho intramolecular Hbond substituents is 1. The number of ether oxygens (including phenoxy) is 1. The summed E-state index contributed by atoms with van der Waals surface area (Å²) in [6.45, 7) is 2.83. The van der Waals surface area contributed by atoms with Crippen molar-refractivity contribution in [3.8, 4) is 17.0 Å². The Morgan fingerprint density at radius 1 is 1.19 bits per heavy atom. The van der Waals surface area contributed by atoms with Crippen LogP contribution in [0.1, 0.15) is 5.56 Å². The van der Waals surface area contributed by atoms with E-state index in [1.54, 1.807) is 18.2 Å². The summed E-state index contributed by atoms with van der Waals surface area (Å²) in [5, 5.41) is 20.1. The lowest BCUT2D eigenvalue weighted by Crippen LogP contribution is -2.37. The molecule has 2 aromatic rings. The maximum atomic E-state index is 11.0. The van der Waals surface area contributed by atoms with Gasteiger partial charge in [-0.05, 0) is 18.6 Å². The van der Waals surface area contributed by atoms with Gasteiger partial charge in [0.2, 0.25) is 5.95 Å². The van der Waals surface area contributed by atoms with Gasteiger partial charge in [-0.15, -0.1) is 0 Å². The van der Waals surface area contributed by atoms with Crippen LogP contribution in [-0.4, -0.2) is 59.2 Å². The molecule has 0 saturated carbocycles. The highest BCUT2D eigenvalue weighted by atomic mass is 16.8. The van der Waals surface area contributed by atoms with Crippen molar-refractivity contribution in [2.45, 2.75) is 6.42 Å². The van der Waals surface area contributed by atoms with E-state index in [0.717, 1.165) is 11.1 Å². The summed E-state index contributed by atoms with van der Waals surface area (Å²) in [5.74, 6) is 1.08. The number of rotatable bonds is 3. The Morgan fingerprint density at radius 3 is 2.73 bits per heavy atom. The third-order valence-corrected chi connectivity index (χ3v) is 4.38. The Labute approximate surface area is 149 Å². The van der Waals surface area contributed by atoms with Crippen molar-refractivity contribution in [3.05, 3.63) is 29.8 Å². The molecular weight excluding hydrogens is 340 g/mol. The smallest absolute Gasteiger partial charge is 0.508 e. The van der Waals surface area contributed by atoms with Gasteiger partial charge in [-0.25, -0.2) is 9.78 Å². The summed E-state index contributed by atoms with van der Waals surface area (Å²) < 4.78 is 5.38. The summed E-state index contributed by atoms with van der Waals surface area (Å²) in [5.41, 5.74) is 2.22. The molecule has 0 amide bonds. The van der Waals surface area contributed by atoms with Crippen LogP contribution < -0.4 is 9.96 Å². The minimum absolute atomic E-state index is 0.138. The molecule has 0 aliphatic carbocycles. The van der Waals surface area contributed by atoms with Crippen LogP contribution in [0.4, 0.5) is 16.6 Å². The molecule has 2 N–H and O–H groups in total. The number of nitrogens with zero attached hydrogens (tertiary/aromatic N) is 4. The van der Waals surface area contributed by atoms with Crippen LogP contribution in [0.15, 0.2) is 24.3 Å². The summed E-state index contributed by atoms with van der Waals surface area (Å²) in [6.07, 6.45) is -0.833. The number of hydrogen-bond acceptors (Lipinski definition) is 8. The number of aromatic nitrogens is 2.